The summed E-state index contributed by atoms with van der Waals surface area (Å²) in [5.74, 6) is 1.00. The second-order valence-electron chi connectivity index (χ2n) is 7.35. The van der Waals surface area contributed by atoms with E-state index in [0.29, 0.717) is 5.92 Å². The van der Waals surface area contributed by atoms with Gasteiger partial charge < -0.3 is 10.6 Å². The van der Waals surface area contributed by atoms with Crippen molar-refractivity contribution in [3.8, 4) is 0 Å². The molecule has 1 saturated heterocycles. The highest BCUT2D eigenvalue weighted by Crippen LogP contribution is 2.20. The number of piperidine rings is 1. The van der Waals surface area contributed by atoms with Crippen LogP contribution in [-0.2, 0) is 11.3 Å². The SMILES string of the molecule is CCN(Cc1ccccc1)CC1CCN(C(=O)[C@@H](N)C(C)C)CC1. The molecule has 0 aliphatic carbocycles. The summed E-state index contributed by atoms with van der Waals surface area (Å²) >= 11 is 0. The molecule has 24 heavy (non-hydrogen) atoms. The fourth-order valence-corrected chi connectivity index (χ4v) is 3.34. The molecule has 0 saturated carbocycles. The number of nitrogens with two attached hydrogens (primary N) is 1. The van der Waals surface area contributed by atoms with Crippen molar-refractivity contribution < 1.29 is 4.79 Å². The Bertz CT molecular complexity index is 495. The normalized spacial score (nSPS) is 17.5. The van der Waals surface area contributed by atoms with Crippen molar-refractivity contribution in [1.82, 2.24) is 9.80 Å². The van der Waals surface area contributed by atoms with Crippen LogP contribution < -0.4 is 5.73 Å². The van der Waals surface area contributed by atoms with E-state index < -0.39 is 0 Å². The van der Waals surface area contributed by atoms with E-state index >= 15 is 0 Å². The minimum Gasteiger partial charge on any atom is -0.341 e. The van der Waals surface area contributed by atoms with Crippen LogP contribution in [0.2, 0.25) is 0 Å². The Kier molecular flexibility index (Phi) is 7.25. The lowest BCUT2D eigenvalue weighted by molar-refractivity contribution is -0.135. The van der Waals surface area contributed by atoms with Crippen LogP contribution in [0.5, 0.6) is 0 Å². The molecule has 0 bridgehead atoms. The summed E-state index contributed by atoms with van der Waals surface area (Å²) in [6, 6.07) is 10.3. The minimum atomic E-state index is -0.355. The molecular weight excluding hydrogens is 298 g/mol. The Hall–Kier alpha value is -1.39. The van der Waals surface area contributed by atoms with Crippen molar-refractivity contribution in [2.24, 2.45) is 17.6 Å². The first-order valence-electron chi connectivity index (χ1n) is 9.32. The van der Waals surface area contributed by atoms with Gasteiger partial charge in [-0.25, -0.2) is 0 Å². The topological polar surface area (TPSA) is 49.6 Å². The van der Waals surface area contributed by atoms with Crippen molar-refractivity contribution in [3.63, 3.8) is 0 Å². The standard InChI is InChI=1S/C20H33N3O/c1-4-22(14-17-8-6-5-7-9-17)15-18-10-12-23(13-11-18)20(24)19(21)16(2)3/h5-9,16,18-19H,4,10-15,21H2,1-3H3/t19-/m0/s1. The van der Waals surface area contributed by atoms with Gasteiger partial charge in [0.15, 0.2) is 0 Å². The molecule has 1 aliphatic rings. The quantitative estimate of drug-likeness (QED) is 0.836. The van der Waals surface area contributed by atoms with Gasteiger partial charge in [-0.2, -0.15) is 0 Å². The van der Waals surface area contributed by atoms with Crippen LogP contribution in [0, 0.1) is 11.8 Å². The van der Waals surface area contributed by atoms with E-state index in [1.807, 2.05) is 18.7 Å². The molecule has 1 aliphatic heterocycles. The molecule has 2 rings (SSSR count). The van der Waals surface area contributed by atoms with Gasteiger partial charge in [-0.15, -0.1) is 0 Å². The lowest BCUT2D eigenvalue weighted by atomic mass is 9.94. The van der Waals surface area contributed by atoms with Crippen molar-refractivity contribution in [1.29, 1.82) is 0 Å². The third-order valence-electron chi connectivity index (χ3n) is 5.14. The molecule has 1 heterocycles. The fraction of sp³-hybridized carbons (Fsp3) is 0.650. The highest BCUT2D eigenvalue weighted by molar-refractivity contribution is 5.82. The number of rotatable bonds is 7. The second-order valence-corrected chi connectivity index (χ2v) is 7.35. The molecule has 0 unspecified atom stereocenters. The molecule has 1 aromatic rings. The highest BCUT2D eigenvalue weighted by Gasteiger charge is 2.28. The van der Waals surface area contributed by atoms with Gasteiger partial charge in [0.2, 0.25) is 5.91 Å². The van der Waals surface area contributed by atoms with Crippen LogP contribution in [0.4, 0.5) is 0 Å². The number of nitrogens with zero attached hydrogens (tertiary/aromatic N) is 2. The largest absolute Gasteiger partial charge is 0.341 e. The average Bonchev–Trinajstić information content (AvgIpc) is 2.61. The van der Waals surface area contributed by atoms with Crippen molar-refractivity contribution in [2.75, 3.05) is 26.2 Å². The number of amides is 1. The summed E-state index contributed by atoms with van der Waals surface area (Å²) in [5, 5.41) is 0. The summed E-state index contributed by atoms with van der Waals surface area (Å²) in [4.78, 5) is 16.8. The molecular formula is C20H33N3O. The summed E-state index contributed by atoms with van der Waals surface area (Å²) in [7, 11) is 0. The molecule has 134 valence electrons. The van der Waals surface area contributed by atoms with Gasteiger partial charge in [0.1, 0.15) is 0 Å². The van der Waals surface area contributed by atoms with E-state index in [1.54, 1.807) is 0 Å². The van der Waals surface area contributed by atoms with Gasteiger partial charge >= 0.3 is 0 Å². The Morgan fingerprint density at radius 1 is 1.25 bits per heavy atom. The molecule has 0 spiro atoms. The highest BCUT2D eigenvalue weighted by atomic mass is 16.2. The van der Waals surface area contributed by atoms with Crippen molar-refractivity contribution in [3.05, 3.63) is 35.9 Å². The van der Waals surface area contributed by atoms with Crippen LogP contribution in [0.1, 0.15) is 39.2 Å². The summed E-state index contributed by atoms with van der Waals surface area (Å²) in [5.41, 5.74) is 7.38. The maximum Gasteiger partial charge on any atom is 0.239 e. The average molecular weight is 332 g/mol. The van der Waals surface area contributed by atoms with E-state index in [1.165, 1.54) is 5.56 Å². The smallest absolute Gasteiger partial charge is 0.239 e. The molecule has 1 amide bonds. The Labute approximate surface area is 147 Å². The van der Waals surface area contributed by atoms with Crippen LogP contribution in [0.15, 0.2) is 30.3 Å². The van der Waals surface area contributed by atoms with Crippen LogP contribution in [0.3, 0.4) is 0 Å². The molecule has 0 radical (unpaired) electrons. The van der Waals surface area contributed by atoms with E-state index in [-0.39, 0.29) is 17.9 Å². The van der Waals surface area contributed by atoms with Crippen LogP contribution >= 0.6 is 0 Å². The number of carbonyl (C=O) groups excluding carboxylic acids is 1. The molecule has 2 N–H and O–H groups in total. The van der Waals surface area contributed by atoms with Crippen molar-refractivity contribution in [2.45, 2.75) is 46.2 Å². The zero-order chi connectivity index (χ0) is 17.5. The molecule has 4 heteroatoms. The zero-order valence-electron chi connectivity index (χ0n) is 15.4. The van der Waals surface area contributed by atoms with E-state index in [9.17, 15) is 4.79 Å². The van der Waals surface area contributed by atoms with E-state index in [0.717, 1.165) is 45.6 Å². The Morgan fingerprint density at radius 2 is 1.88 bits per heavy atom. The monoisotopic (exact) mass is 331 g/mol. The fourth-order valence-electron chi connectivity index (χ4n) is 3.34. The number of likely N-dealkylation sites (tertiary alicyclic amines) is 1. The molecule has 1 atom stereocenters. The molecule has 4 nitrogen and oxygen atoms in total. The summed E-state index contributed by atoms with van der Waals surface area (Å²) in [6.45, 7) is 11.1. The van der Waals surface area contributed by atoms with Gasteiger partial charge in [-0.1, -0.05) is 51.1 Å². The molecule has 0 aromatic heterocycles. The lowest BCUT2D eigenvalue weighted by Crippen LogP contribution is -2.50. The van der Waals surface area contributed by atoms with Gasteiger partial charge in [0, 0.05) is 26.2 Å². The van der Waals surface area contributed by atoms with Crippen molar-refractivity contribution >= 4 is 5.91 Å². The summed E-state index contributed by atoms with van der Waals surface area (Å²) in [6.07, 6.45) is 2.17. The number of hydrogen-bond acceptors (Lipinski definition) is 3. The summed E-state index contributed by atoms with van der Waals surface area (Å²) < 4.78 is 0. The lowest BCUT2D eigenvalue weighted by Gasteiger charge is -2.36. The molecule has 1 fully saturated rings. The van der Waals surface area contributed by atoms with Crippen LogP contribution in [-0.4, -0.2) is 47.9 Å². The van der Waals surface area contributed by atoms with Crippen LogP contribution in [0.25, 0.3) is 0 Å². The predicted molar refractivity (Wildman–Crippen MR) is 99.5 cm³/mol. The Morgan fingerprint density at radius 3 is 2.42 bits per heavy atom. The van der Waals surface area contributed by atoms with E-state index in [4.69, 9.17) is 5.73 Å². The number of carbonyl (C=O) groups is 1. The van der Waals surface area contributed by atoms with Gasteiger partial charge in [-0.3, -0.25) is 9.69 Å². The maximum absolute atomic E-state index is 12.4. The first-order chi connectivity index (χ1) is 11.5. The number of hydrogen-bond donors (Lipinski definition) is 1. The van der Waals surface area contributed by atoms with Gasteiger partial charge in [0.25, 0.3) is 0 Å². The van der Waals surface area contributed by atoms with Gasteiger partial charge in [0.05, 0.1) is 6.04 Å². The minimum absolute atomic E-state index is 0.125. The zero-order valence-corrected chi connectivity index (χ0v) is 15.4. The van der Waals surface area contributed by atoms with E-state index in [2.05, 4.69) is 42.2 Å². The maximum atomic E-state index is 12.4. The molecule has 1 aromatic carbocycles. The second kappa shape index (κ2) is 9.19. The third-order valence-corrected chi connectivity index (χ3v) is 5.14. The predicted octanol–water partition coefficient (Wildman–Crippen LogP) is 2.73. The first kappa shape index (κ1) is 18.9. The third kappa shape index (κ3) is 5.32. The number of benzene rings is 1. The Balaban J connectivity index is 1.80. The first-order valence-corrected chi connectivity index (χ1v) is 9.32. The van der Waals surface area contributed by atoms with Gasteiger partial charge in [-0.05, 0) is 36.8 Å².